The van der Waals surface area contributed by atoms with Gasteiger partial charge in [-0.1, -0.05) is 36.4 Å². The van der Waals surface area contributed by atoms with Gasteiger partial charge in [-0.15, -0.1) is 0 Å². The summed E-state index contributed by atoms with van der Waals surface area (Å²) in [7, 11) is -3.65. The molecule has 0 saturated carbocycles. The molecule has 0 bridgehead atoms. The quantitative estimate of drug-likeness (QED) is 0.521. The van der Waals surface area contributed by atoms with E-state index in [0.29, 0.717) is 0 Å². The van der Waals surface area contributed by atoms with Gasteiger partial charge in [0.15, 0.2) is 5.03 Å². The average Bonchev–Trinajstić information content (AvgIpc) is 2.68. The number of halogens is 1. The maximum atomic E-state index is 13.1. The van der Waals surface area contributed by atoms with Gasteiger partial charge in [0, 0.05) is 6.20 Å². The zero-order chi connectivity index (χ0) is 18.1. The zero-order valence-corrected chi connectivity index (χ0v) is 14.4. The molecule has 0 unspecified atom stereocenters. The molecule has 1 heterocycles. The molecule has 0 radical (unpaired) electrons. The number of nitrogens with zero attached hydrogens (tertiary/aromatic N) is 1. The molecule has 0 aliphatic rings. The first kappa shape index (κ1) is 16.4. The lowest BCUT2D eigenvalue weighted by atomic mass is 10.0. The molecule has 0 amide bonds. The molecule has 0 N–H and O–H groups in total. The van der Waals surface area contributed by atoms with Gasteiger partial charge < -0.3 is 0 Å². The van der Waals surface area contributed by atoms with Crippen LogP contribution in [0.15, 0.2) is 95.0 Å². The Bertz CT molecular complexity index is 1190. The van der Waals surface area contributed by atoms with Gasteiger partial charge >= 0.3 is 0 Å². The number of aromatic nitrogens is 1. The van der Waals surface area contributed by atoms with Gasteiger partial charge in [0.1, 0.15) is 5.82 Å². The first-order valence-electron chi connectivity index (χ1n) is 8.00. The van der Waals surface area contributed by atoms with Crippen molar-refractivity contribution < 1.29 is 12.8 Å². The second-order valence-electron chi connectivity index (χ2n) is 5.90. The molecule has 3 aromatic carbocycles. The Labute approximate surface area is 150 Å². The topological polar surface area (TPSA) is 47.0 Å². The fraction of sp³-hybridized carbons (Fsp3) is 0. The van der Waals surface area contributed by atoms with E-state index >= 15 is 0 Å². The minimum absolute atomic E-state index is 0.0299. The van der Waals surface area contributed by atoms with E-state index in [1.807, 2.05) is 18.2 Å². The molecular weight excluding hydrogens is 349 g/mol. The number of rotatable bonds is 3. The van der Waals surface area contributed by atoms with E-state index in [-0.39, 0.29) is 15.7 Å². The van der Waals surface area contributed by atoms with Gasteiger partial charge in [0.25, 0.3) is 0 Å². The first-order chi connectivity index (χ1) is 12.5. The molecule has 26 heavy (non-hydrogen) atoms. The molecule has 0 saturated heterocycles. The molecule has 0 fully saturated rings. The van der Waals surface area contributed by atoms with Crippen molar-refractivity contribution in [2.45, 2.75) is 9.92 Å². The lowest BCUT2D eigenvalue weighted by Gasteiger charge is -2.07. The van der Waals surface area contributed by atoms with E-state index in [0.717, 1.165) is 21.9 Å². The van der Waals surface area contributed by atoms with Crippen LogP contribution < -0.4 is 0 Å². The fourth-order valence-corrected chi connectivity index (χ4v) is 4.07. The number of hydrogen-bond donors (Lipinski definition) is 0. The highest BCUT2D eigenvalue weighted by molar-refractivity contribution is 7.91. The maximum Gasteiger partial charge on any atom is 0.223 e. The van der Waals surface area contributed by atoms with Crippen LogP contribution in [0.4, 0.5) is 4.39 Å². The highest BCUT2D eigenvalue weighted by atomic mass is 32.2. The van der Waals surface area contributed by atoms with Crippen molar-refractivity contribution in [2.75, 3.05) is 0 Å². The Kier molecular flexibility index (Phi) is 4.01. The Morgan fingerprint density at radius 2 is 1.42 bits per heavy atom. The molecule has 0 atom stereocenters. The van der Waals surface area contributed by atoms with Crippen molar-refractivity contribution >= 4 is 20.6 Å². The van der Waals surface area contributed by atoms with Crippen molar-refractivity contribution in [3.05, 3.63) is 90.9 Å². The van der Waals surface area contributed by atoms with Gasteiger partial charge in [0.2, 0.25) is 9.84 Å². The van der Waals surface area contributed by atoms with Crippen molar-refractivity contribution in [1.29, 1.82) is 0 Å². The summed E-state index contributed by atoms with van der Waals surface area (Å²) in [6.07, 6.45) is 1.46. The highest BCUT2D eigenvalue weighted by Gasteiger charge is 2.19. The second kappa shape index (κ2) is 6.35. The number of hydrogen-bond acceptors (Lipinski definition) is 3. The summed E-state index contributed by atoms with van der Waals surface area (Å²) in [6.45, 7) is 0. The molecule has 0 aliphatic heterocycles. The minimum Gasteiger partial charge on any atom is -0.244 e. The van der Waals surface area contributed by atoms with Crippen LogP contribution in [0.25, 0.3) is 21.9 Å². The van der Waals surface area contributed by atoms with Crippen LogP contribution in [0.2, 0.25) is 0 Å². The van der Waals surface area contributed by atoms with Gasteiger partial charge in [-0.25, -0.2) is 17.8 Å². The minimum atomic E-state index is -3.65. The summed E-state index contributed by atoms with van der Waals surface area (Å²) >= 11 is 0. The number of pyridine rings is 1. The number of fused-ring (bicyclic) bond motifs is 1. The van der Waals surface area contributed by atoms with E-state index in [4.69, 9.17) is 0 Å². The largest absolute Gasteiger partial charge is 0.244 e. The van der Waals surface area contributed by atoms with Crippen LogP contribution >= 0.6 is 0 Å². The third-order valence-electron chi connectivity index (χ3n) is 4.21. The molecule has 3 nitrogen and oxygen atoms in total. The molecule has 0 aliphatic carbocycles. The summed E-state index contributed by atoms with van der Waals surface area (Å²) in [5.74, 6) is -0.279. The zero-order valence-electron chi connectivity index (χ0n) is 13.6. The number of benzene rings is 3. The van der Waals surface area contributed by atoms with Crippen LogP contribution in [0.5, 0.6) is 0 Å². The summed E-state index contributed by atoms with van der Waals surface area (Å²) in [4.78, 5) is 4.16. The van der Waals surface area contributed by atoms with Gasteiger partial charge in [-0.2, -0.15) is 0 Å². The first-order valence-corrected chi connectivity index (χ1v) is 9.48. The van der Waals surface area contributed by atoms with Crippen molar-refractivity contribution in [3.63, 3.8) is 0 Å². The fourth-order valence-electron chi connectivity index (χ4n) is 2.84. The smallest absolute Gasteiger partial charge is 0.223 e. The van der Waals surface area contributed by atoms with E-state index in [9.17, 15) is 12.8 Å². The summed E-state index contributed by atoms with van der Waals surface area (Å²) < 4.78 is 38.5. The molecule has 4 rings (SSSR count). The Morgan fingerprint density at radius 1 is 0.731 bits per heavy atom. The lowest BCUT2D eigenvalue weighted by Crippen LogP contribution is -2.03. The predicted octanol–water partition coefficient (Wildman–Crippen LogP) is 4.87. The Hall–Kier alpha value is -3.05. The van der Waals surface area contributed by atoms with E-state index in [1.165, 1.54) is 24.4 Å². The third kappa shape index (κ3) is 2.97. The normalized spacial score (nSPS) is 11.6. The molecule has 128 valence electrons. The van der Waals surface area contributed by atoms with Crippen LogP contribution in [0.3, 0.4) is 0 Å². The molecule has 4 aromatic rings. The SMILES string of the molecule is O=S(=O)(c1ccc2cc(-c3ccc(F)cc3)ccc2c1)c1ccccn1. The molecule has 0 spiro atoms. The Morgan fingerprint density at radius 3 is 2.15 bits per heavy atom. The van der Waals surface area contributed by atoms with Crippen molar-refractivity contribution in [1.82, 2.24) is 4.98 Å². The summed E-state index contributed by atoms with van der Waals surface area (Å²) in [6, 6.07) is 21.8. The van der Waals surface area contributed by atoms with Gasteiger partial charge in [-0.05, 0) is 64.4 Å². The van der Waals surface area contributed by atoms with Crippen LogP contribution in [0.1, 0.15) is 0 Å². The summed E-state index contributed by atoms with van der Waals surface area (Å²) in [5, 5.41) is 1.75. The van der Waals surface area contributed by atoms with Crippen molar-refractivity contribution in [3.8, 4) is 11.1 Å². The maximum absolute atomic E-state index is 13.1. The van der Waals surface area contributed by atoms with Gasteiger partial charge in [0.05, 0.1) is 4.90 Å². The molecule has 1 aromatic heterocycles. The molecular formula is C21H14FNO2S. The predicted molar refractivity (Wildman–Crippen MR) is 99.0 cm³/mol. The van der Waals surface area contributed by atoms with Gasteiger partial charge in [-0.3, -0.25) is 0 Å². The highest BCUT2D eigenvalue weighted by Crippen LogP contribution is 2.28. The van der Waals surface area contributed by atoms with E-state index in [1.54, 1.807) is 42.5 Å². The average molecular weight is 363 g/mol. The van der Waals surface area contributed by atoms with Crippen LogP contribution in [0, 0.1) is 5.82 Å². The second-order valence-corrected chi connectivity index (χ2v) is 7.80. The van der Waals surface area contributed by atoms with E-state index < -0.39 is 9.84 Å². The Balaban J connectivity index is 1.77. The van der Waals surface area contributed by atoms with Crippen LogP contribution in [-0.2, 0) is 9.84 Å². The number of sulfone groups is 1. The van der Waals surface area contributed by atoms with Crippen molar-refractivity contribution in [2.24, 2.45) is 0 Å². The monoisotopic (exact) mass is 363 g/mol. The van der Waals surface area contributed by atoms with Crippen LogP contribution in [-0.4, -0.2) is 13.4 Å². The lowest BCUT2D eigenvalue weighted by molar-refractivity contribution is 0.592. The standard InChI is InChI=1S/C21H14FNO2S/c22-19-9-6-15(7-10-19)16-4-5-18-14-20(11-8-17(18)13-16)26(24,25)21-3-1-2-12-23-21/h1-14H. The van der Waals surface area contributed by atoms with E-state index in [2.05, 4.69) is 4.98 Å². The summed E-state index contributed by atoms with van der Waals surface area (Å²) in [5.41, 5.74) is 1.84. The molecule has 5 heteroatoms. The third-order valence-corrected chi connectivity index (χ3v) is 5.88.